The Morgan fingerprint density at radius 1 is 0.786 bits per heavy atom. The molecule has 146 valence electrons. The molecule has 3 nitrogen and oxygen atoms in total. The fourth-order valence-electron chi connectivity index (χ4n) is 3.52. The van der Waals surface area contributed by atoms with E-state index in [0.717, 1.165) is 34.6 Å². The van der Waals surface area contributed by atoms with E-state index in [2.05, 4.69) is 54.6 Å². The lowest BCUT2D eigenvalue weighted by Crippen LogP contribution is -2.27. The zero-order valence-electron chi connectivity index (χ0n) is 16.3. The van der Waals surface area contributed by atoms with Gasteiger partial charge in [-0.15, -0.1) is 11.8 Å². The monoisotopic (exact) mass is 394 g/mol. The molecular weight excluding hydrogens is 368 g/mol. The van der Waals surface area contributed by atoms with Gasteiger partial charge in [0.15, 0.2) is 11.5 Å². The van der Waals surface area contributed by atoms with Crippen LogP contribution in [0.3, 0.4) is 0 Å². The average Bonchev–Trinajstić information content (AvgIpc) is 2.77. The Balaban J connectivity index is 2.33. The number of aliphatic hydroxyl groups is 1. The van der Waals surface area contributed by atoms with Gasteiger partial charge in [-0.3, -0.25) is 0 Å². The van der Waals surface area contributed by atoms with E-state index in [4.69, 9.17) is 9.47 Å². The Bertz CT molecular complexity index is 826. The molecule has 3 aromatic carbocycles. The Morgan fingerprint density at radius 2 is 1.39 bits per heavy atom. The van der Waals surface area contributed by atoms with Gasteiger partial charge in [-0.05, 0) is 29.4 Å². The van der Waals surface area contributed by atoms with Gasteiger partial charge in [-0.25, -0.2) is 0 Å². The zero-order chi connectivity index (χ0) is 19.8. The minimum Gasteiger partial charge on any atom is -0.493 e. The highest BCUT2D eigenvalue weighted by Crippen LogP contribution is 2.53. The van der Waals surface area contributed by atoms with Crippen LogP contribution in [0.25, 0.3) is 0 Å². The van der Waals surface area contributed by atoms with Gasteiger partial charge in [0.1, 0.15) is 0 Å². The molecule has 0 aliphatic rings. The molecule has 28 heavy (non-hydrogen) atoms. The van der Waals surface area contributed by atoms with Crippen LogP contribution in [0.1, 0.15) is 23.1 Å². The summed E-state index contributed by atoms with van der Waals surface area (Å²) in [5.74, 6) is 2.24. The Kier molecular flexibility index (Phi) is 7.01. The van der Waals surface area contributed by atoms with Crippen molar-refractivity contribution >= 4 is 11.8 Å². The predicted molar refractivity (Wildman–Crippen MR) is 116 cm³/mol. The molecule has 0 saturated heterocycles. The Hall–Kier alpha value is -2.43. The van der Waals surface area contributed by atoms with Gasteiger partial charge in [-0.2, -0.15) is 0 Å². The van der Waals surface area contributed by atoms with Gasteiger partial charge in [0.2, 0.25) is 0 Å². The second kappa shape index (κ2) is 9.67. The van der Waals surface area contributed by atoms with Crippen LogP contribution in [0.4, 0.5) is 0 Å². The van der Waals surface area contributed by atoms with Crippen LogP contribution in [0.15, 0.2) is 78.9 Å². The third-order valence-corrected chi connectivity index (χ3v) is 6.38. The quantitative estimate of drug-likeness (QED) is 0.404. The van der Waals surface area contributed by atoms with Crippen LogP contribution in [-0.4, -0.2) is 31.7 Å². The molecule has 4 heteroatoms. The zero-order valence-corrected chi connectivity index (χ0v) is 17.1. The average molecular weight is 395 g/mol. The van der Waals surface area contributed by atoms with Gasteiger partial charge in [-0.1, -0.05) is 72.8 Å². The van der Waals surface area contributed by atoms with E-state index in [0.29, 0.717) is 5.75 Å². The molecule has 0 unspecified atom stereocenters. The number of methoxy groups -OCH3 is 2. The molecule has 0 amide bonds. The summed E-state index contributed by atoms with van der Waals surface area (Å²) in [6.07, 6.45) is 0.721. The lowest BCUT2D eigenvalue weighted by molar-refractivity contribution is 0.296. The molecule has 1 N–H and O–H groups in total. The molecule has 3 aromatic rings. The lowest BCUT2D eigenvalue weighted by atomic mass is 9.83. The number of para-hydroxylation sites is 1. The van der Waals surface area contributed by atoms with Crippen molar-refractivity contribution in [2.24, 2.45) is 0 Å². The van der Waals surface area contributed by atoms with Crippen LogP contribution >= 0.6 is 11.8 Å². The Morgan fingerprint density at radius 3 is 1.89 bits per heavy atom. The van der Waals surface area contributed by atoms with E-state index in [1.807, 2.05) is 24.3 Å². The molecule has 0 heterocycles. The number of thioether (sulfide) groups is 1. The van der Waals surface area contributed by atoms with Crippen molar-refractivity contribution in [1.82, 2.24) is 0 Å². The maximum atomic E-state index is 9.40. The SMILES string of the molecule is COc1cccc(C(SCCCO)(c2ccccc2)c2ccccc2)c1OC. The molecule has 0 bridgehead atoms. The van der Waals surface area contributed by atoms with E-state index in [1.54, 1.807) is 26.0 Å². The van der Waals surface area contributed by atoms with Crippen molar-refractivity contribution in [2.75, 3.05) is 26.6 Å². The number of rotatable bonds is 9. The topological polar surface area (TPSA) is 38.7 Å². The van der Waals surface area contributed by atoms with Crippen molar-refractivity contribution in [1.29, 1.82) is 0 Å². The third-order valence-electron chi connectivity index (χ3n) is 4.76. The maximum Gasteiger partial charge on any atom is 0.165 e. The summed E-state index contributed by atoms with van der Waals surface area (Å²) in [5, 5.41) is 9.40. The van der Waals surface area contributed by atoms with Crippen LogP contribution in [0, 0.1) is 0 Å². The molecule has 0 radical (unpaired) electrons. The second-order valence-electron chi connectivity index (χ2n) is 6.38. The highest BCUT2D eigenvalue weighted by molar-refractivity contribution is 8.00. The first kappa shape index (κ1) is 20.3. The fraction of sp³-hybridized carbons (Fsp3) is 0.250. The van der Waals surface area contributed by atoms with Crippen molar-refractivity contribution in [2.45, 2.75) is 11.2 Å². The normalized spacial score (nSPS) is 11.2. The smallest absolute Gasteiger partial charge is 0.165 e. The van der Waals surface area contributed by atoms with Gasteiger partial charge in [0.05, 0.1) is 19.0 Å². The minimum atomic E-state index is -0.489. The van der Waals surface area contributed by atoms with Gasteiger partial charge >= 0.3 is 0 Å². The van der Waals surface area contributed by atoms with Gasteiger partial charge < -0.3 is 14.6 Å². The molecule has 3 rings (SSSR count). The van der Waals surface area contributed by atoms with Crippen molar-refractivity contribution in [3.63, 3.8) is 0 Å². The van der Waals surface area contributed by atoms with Crippen LogP contribution in [0.5, 0.6) is 11.5 Å². The van der Waals surface area contributed by atoms with E-state index in [-0.39, 0.29) is 6.61 Å². The predicted octanol–water partition coefficient (Wildman–Crippen LogP) is 5.11. The molecule has 0 aliphatic carbocycles. The van der Waals surface area contributed by atoms with E-state index in [9.17, 15) is 5.11 Å². The highest BCUT2D eigenvalue weighted by atomic mass is 32.2. The molecular formula is C24H26O3S. The maximum absolute atomic E-state index is 9.40. The summed E-state index contributed by atoms with van der Waals surface area (Å²) in [5.41, 5.74) is 3.36. The first-order valence-corrected chi connectivity index (χ1v) is 10.3. The lowest BCUT2D eigenvalue weighted by Gasteiger charge is -2.36. The molecule has 0 saturated carbocycles. The van der Waals surface area contributed by atoms with E-state index >= 15 is 0 Å². The fourth-order valence-corrected chi connectivity index (χ4v) is 5.02. The summed E-state index contributed by atoms with van der Waals surface area (Å²) in [6, 6.07) is 26.9. The van der Waals surface area contributed by atoms with E-state index < -0.39 is 4.75 Å². The second-order valence-corrected chi connectivity index (χ2v) is 7.69. The largest absolute Gasteiger partial charge is 0.493 e. The first-order valence-electron chi connectivity index (χ1n) is 9.35. The summed E-state index contributed by atoms with van der Waals surface area (Å²) < 4.78 is 10.9. The summed E-state index contributed by atoms with van der Waals surface area (Å²) in [6.45, 7) is 0.169. The number of hydrogen-bond acceptors (Lipinski definition) is 4. The summed E-state index contributed by atoms with van der Waals surface area (Å²) in [7, 11) is 3.34. The van der Waals surface area contributed by atoms with Crippen LogP contribution in [0.2, 0.25) is 0 Å². The molecule has 0 aliphatic heterocycles. The molecule has 0 atom stereocenters. The standard InChI is InChI=1S/C24H26O3S/c1-26-22-16-9-15-21(23(22)27-2)24(28-18-10-17-25,19-11-5-3-6-12-19)20-13-7-4-8-14-20/h3-9,11-16,25H,10,17-18H2,1-2H3. The number of hydrogen-bond donors (Lipinski definition) is 1. The number of ether oxygens (including phenoxy) is 2. The van der Waals surface area contributed by atoms with E-state index in [1.165, 1.54) is 0 Å². The number of benzene rings is 3. The summed E-state index contributed by atoms with van der Waals surface area (Å²) >= 11 is 1.81. The number of aliphatic hydroxyl groups excluding tert-OH is 1. The van der Waals surface area contributed by atoms with Gasteiger partial charge in [0.25, 0.3) is 0 Å². The highest BCUT2D eigenvalue weighted by Gasteiger charge is 2.39. The first-order chi connectivity index (χ1) is 13.8. The van der Waals surface area contributed by atoms with Gasteiger partial charge in [0, 0.05) is 12.2 Å². The molecule has 0 fully saturated rings. The molecule has 0 aromatic heterocycles. The van der Waals surface area contributed by atoms with Crippen LogP contribution < -0.4 is 9.47 Å². The van der Waals surface area contributed by atoms with Crippen LogP contribution in [-0.2, 0) is 4.75 Å². The van der Waals surface area contributed by atoms with Crippen molar-refractivity contribution in [3.05, 3.63) is 95.6 Å². The molecule has 0 spiro atoms. The van der Waals surface area contributed by atoms with Crippen molar-refractivity contribution < 1.29 is 14.6 Å². The third kappa shape index (κ3) is 3.89. The Labute approximate surface area is 171 Å². The minimum absolute atomic E-state index is 0.169. The summed E-state index contributed by atoms with van der Waals surface area (Å²) in [4.78, 5) is 0. The van der Waals surface area contributed by atoms with Crippen molar-refractivity contribution in [3.8, 4) is 11.5 Å².